The zero-order valence-corrected chi connectivity index (χ0v) is 24.3. The molecule has 0 spiro atoms. The van der Waals surface area contributed by atoms with Gasteiger partial charge in [-0.15, -0.1) is 0 Å². The maximum atomic E-state index is 13.8. The molecule has 3 aromatic carbocycles. The number of nitrogens with one attached hydrogen (secondary N) is 1. The fraction of sp³-hybridized carbons (Fsp3) is 0.300. The van der Waals surface area contributed by atoms with Gasteiger partial charge in [0, 0.05) is 17.3 Å². The van der Waals surface area contributed by atoms with Gasteiger partial charge in [0.1, 0.15) is 6.04 Å². The molecule has 0 radical (unpaired) electrons. The van der Waals surface area contributed by atoms with Crippen LogP contribution < -0.4 is 19.7 Å². The van der Waals surface area contributed by atoms with Gasteiger partial charge >= 0.3 is 0 Å². The van der Waals surface area contributed by atoms with Crippen LogP contribution in [0.25, 0.3) is 0 Å². The SMILES string of the molecule is COc1ccc(CCN2C(=S)N(c3ccc(C)cc3C)C(=O)[C@H]2CC(=O)Nc2cccc(Cl)c2C)cc1OC. The summed E-state index contributed by atoms with van der Waals surface area (Å²) in [6, 6.07) is 16.2. The van der Waals surface area contributed by atoms with Crippen LogP contribution in [-0.4, -0.2) is 48.6 Å². The number of amides is 2. The lowest BCUT2D eigenvalue weighted by molar-refractivity contribution is -0.124. The van der Waals surface area contributed by atoms with Crippen LogP contribution in [0.1, 0.15) is 28.7 Å². The van der Waals surface area contributed by atoms with Gasteiger partial charge in [0.25, 0.3) is 5.91 Å². The Hall–Kier alpha value is -3.62. The van der Waals surface area contributed by atoms with E-state index >= 15 is 0 Å². The van der Waals surface area contributed by atoms with Gasteiger partial charge < -0.3 is 19.7 Å². The highest BCUT2D eigenvalue weighted by atomic mass is 35.5. The van der Waals surface area contributed by atoms with E-state index in [2.05, 4.69) is 5.32 Å². The summed E-state index contributed by atoms with van der Waals surface area (Å²) >= 11 is 12.1. The summed E-state index contributed by atoms with van der Waals surface area (Å²) in [4.78, 5) is 30.4. The molecule has 0 saturated carbocycles. The molecule has 2 amide bonds. The van der Waals surface area contributed by atoms with E-state index in [-0.39, 0.29) is 18.2 Å². The minimum absolute atomic E-state index is 0.0573. The Kier molecular flexibility index (Phi) is 8.77. The minimum atomic E-state index is -0.752. The van der Waals surface area contributed by atoms with Crippen LogP contribution in [0.3, 0.4) is 0 Å². The molecule has 0 bridgehead atoms. The highest BCUT2D eigenvalue weighted by molar-refractivity contribution is 7.80. The molecule has 1 N–H and O–H groups in total. The second-order valence-corrected chi connectivity index (χ2v) is 10.3. The van der Waals surface area contributed by atoms with Crippen LogP contribution in [0, 0.1) is 20.8 Å². The Morgan fingerprint density at radius 2 is 1.77 bits per heavy atom. The van der Waals surface area contributed by atoms with Gasteiger partial charge in [0.2, 0.25) is 5.91 Å². The van der Waals surface area contributed by atoms with Crippen molar-refractivity contribution in [1.82, 2.24) is 4.90 Å². The van der Waals surface area contributed by atoms with Gasteiger partial charge in [-0.2, -0.15) is 0 Å². The zero-order chi connectivity index (χ0) is 28.3. The standard InChI is InChI=1S/C30H32ClN3O4S/c1-18-9-11-24(19(2)15-18)34-29(36)25(17-28(35)32-23-8-6-7-22(31)20(23)3)33(30(34)39)14-13-21-10-12-26(37-4)27(16-21)38-5/h6-12,15-16,25H,13-14,17H2,1-5H3,(H,32,35)/t25-/m1/s1. The first-order chi connectivity index (χ1) is 18.6. The maximum absolute atomic E-state index is 13.8. The van der Waals surface area contributed by atoms with Crippen molar-refractivity contribution in [3.8, 4) is 11.5 Å². The number of carbonyl (C=O) groups is 2. The van der Waals surface area contributed by atoms with E-state index in [9.17, 15) is 9.59 Å². The van der Waals surface area contributed by atoms with Gasteiger partial charge in [-0.25, -0.2) is 0 Å². The van der Waals surface area contributed by atoms with Crippen molar-refractivity contribution in [3.05, 3.63) is 81.9 Å². The smallest absolute Gasteiger partial charge is 0.256 e. The molecule has 1 aliphatic heterocycles. The molecule has 1 fully saturated rings. The van der Waals surface area contributed by atoms with Gasteiger partial charge in [-0.1, -0.05) is 41.4 Å². The Morgan fingerprint density at radius 1 is 1.03 bits per heavy atom. The van der Waals surface area contributed by atoms with Crippen molar-refractivity contribution in [2.24, 2.45) is 0 Å². The molecule has 3 aromatic rings. The van der Waals surface area contributed by atoms with Crippen molar-refractivity contribution >= 4 is 52.1 Å². The number of thiocarbonyl (C=S) groups is 1. The molecule has 9 heteroatoms. The average molecular weight is 566 g/mol. The van der Waals surface area contributed by atoms with E-state index in [1.165, 1.54) is 0 Å². The summed E-state index contributed by atoms with van der Waals surface area (Å²) in [6.07, 6.45) is 0.526. The van der Waals surface area contributed by atoms with E-state index in [1.807, 2.05) is 62.1 Å². The van der Waals surface area contributed by atoms with Crippen molar-refractivity contribution in [1.29, 1.82) is 0 Å². The second kappa shape index (κ2) is 12.1. The molecule has 4 rings (SSSR count). The zero-order valence-electron chi connectivity index (χ0n) is 22.7. The molecule has 1 heterocycles. The lowest BCUT2D eigenvalue weighted by atomic mass is 10.1. The van der Waals surface area contributed by atoms with Crippen LogP contribution in [0.4, 0.5) is 11.4 Å². The average Bonchev–Trinajstić information content (AvgIpc) is 3.13. The molecule has 7 nitrogen and oxygen atoms in total. The van der Waals surface area contributed by atoms with Crippen molar-refractivity contribution < 1.29 is 19.1 Å². The maximum Gasteiger partial charge on any atom is 0.256 e. The predicted octanol–water partition coefficient (Wildman–Crippen LogP) is 5.86. The summed E-state index contributed by atoms with van der Waals surface area (Å²) in [7, 11) is 3.18. The number of hydrogen-bond acceptors (Lipinski definition) is 5. The third-order valence-corrected chi connectivity index (χ3v) is 7.75. The summed E-state index contributed by atoms with van der Waals surface area (Å²) in [6.45, 7) is 6.23. The Morgan fingerprint density at radius 3 is 2.46 bits per heavy atom. The van der Waals surface area contributed by atoms with Crippen molar-refractivity contribution in [3.63, 3.8) is 0 Å². The Bertz CT molecular complexity index is 1430. The number of ether oxygens (including phenoxy) is 2. The van der Waals surface area contributed by atoms with Crippen LogP contribution in [0.2, 0.25) is 5.02 Å². The first kappa shape index (κ1) is 28.4. The number of aryl methyl sites for hydroxylation is 2. The number of benzene rings is 3. The molecule has 1 atom stereocenters. The minimum Gasteiger partial charge on any atom is -0.493 e. The molecule has 0 unspecified atom stereocenters. The second-order valence-electron chi connectivity index (χ2n) is 9.56. The third-order valence-electron chi connectivity index (χ3n) is 6.92. The number of carbonyl (C=O) groups excluding carboxylic acids is 2. The number of anilines is 2. The predicted molar refractivity (Wildman–Crippen MR) is 159 cm³/mol. The van der Waals surface area contributed by atoms with Gasteiger partial charge in [-0.3, -0.25) is 14.5 Å². The van der Waals surface area contributed by atoms with Crippen LogP contribution in [0.15, 0.2) is 54.6 Å². The fourth-order valence-electron chi connectivity index (χ4n) is 4.77. The van der Waals surface area contributed by atoms with Gasteiger partial charge in [0.15, 0.2) is 16.6 Å². The summed E-state index contributed by atoms with van der Waals surface area (Å²) < 4.78 is 10.8. The highest BCUT2D eigenvalue weighted by Gasteiger charge is 2.44. The van der Waals surface area contributed by atoms with Crippen LogP contribution >= 0.6 is 23.8 Å². The highest BCUT2D eigenvalue weighted by Crippen LogP contribution is 2.32. The van der Waals surface area contributed by atoms with Crippen molar-refractivity contribution in [2.75, 3.05) is 31.0 Å². The Balaban J connectivity index is 1.61. The number of nitrogens with zero attached hydrogens (tertiary/aromatic N) is 2. The molecule has 39 heavy (non-hydrogen) atoms. The van der Waals surface area contributed by atoms with Crippen molar-refractivity contribution in [2.45, 2.75) is 39.7 Å². The molecule has 1 aliphatic rings. The van der Waals surface area contributed by atoms with Crippen LogP contribution in [0.5, 0.6) is 11.5 Å². The largest absolute Gasteiger partial charge is 0.493 e. The lowest BCUT2D eigenvalue weighted by Gasteiger charge is -2.24. The number of methoxy groups -OCH3 is 2. The van der Waals surface area contributed by atoms with E-state index in [1.54, 1.807) is 37.3 Å². The number of halogens is 1. The third kappa shape index (κ3) is 6.02. The monoisotopic (exact) mass is 565 g/mol. The molecule has 204 valence electrons. The molecular formula is C30H32ClN3O4S. The topological polar surface area (TPSA) is 71.1 Å². The fourth-order valence-corrected chi connectivity index (χ4v) is 5.35. The summed E-state index contributed by atoms with van der Waals surface area (Å²) in [5.41, 5.74) is 5.12. The summed E-state index contributed by atoms with van der Waals surface area (Å²) in [5, 5.41) is 3.85. The quantitative estimate of drug-likeness (QED) is 0.328. The van der Waals surface area contributed by atoms with E-state index in [0.717, 1.165) is 27.9 Å². The van der Waals surface area contributed by atoms with Gasteiger partial charge in [0.05, 0.1) is 26.3 Å². The first-order valence-electron chi connectivity index (χ1n) is 12.6. The Labute approximate surface area is 239 Å². The van der Waals surface area contributed by atoms with E-state index in [0.29, 0.717) is 40.3 Å². The van der Waals surface area contributed by atoms with Crippen LogP contribution in [-0.2, 0) is 16.0 Å². The molecule has 0 aromatic heterocycles. The summed E-state index contributed by atoms with van der Waals surface area (Å²) in [5.74, 6) is 0.747. The van der Waals surface area contributed by atoms with E-state index < -0.39 is 6.04 Å². The number of rotatable bonds is 9. The molecule has 0 aliphatic carbocycles. The number of hydrogen-bond donors (Lipinski definition) is 1. The van der Waals surface area contributed by atoms with E-state index in [4.69, 9.17) is 33.3 Å². The molecular weight excluding hydrogens is 534 g/mol. The van der Waals surface area contributed by atoms with Gasteiger partial charge in [-0.05, 0) is 86.4 Å². The normalized spacial score (nSPS) is 15.1. The molecule has 1 saturated heterocycles. The first-order valence-corrected chi connectivity index (χ1v) is 13.4. The lowest BCUT2D eigenvalue weighted by Crippen LogP contribution is -2.39.